The van der Waals surface area contributed by atoms with Gasteiger partial charge < -0.3 is 10.1 Å². The molecule has 0 saturated heterocycles. The maximum absolute atomic E-state index is 8.47. The summed E-state index contributed by atoms with van der Waals surface area (Å²) in [5, 5.41) is 12.0. The molecule has 1 aromatic carbocycles. The number of anilines is 1. The molecule has 19 heavy (non-hydrogen) atoms. The van der Waals surface area contributed by atoms with Crippen molar-refractivity contribution in [3.63, 3.8) is 0 Å². The minimum atomic E-state index is 0.443. The van der Waals surface area contributed by atoms with Crippen molar-refractivity contribution in [3.05, 3.63) is 24.3 Å². The van der Waals surface area contributed by atoms with Gasteiger partial charge in [0.25, 0.3) is 0 Å². The number of nitrogens with one attached hydrogen (secondary N) is 1. The Morgan fingerprint density at radius 3 is 2.84 bits per heavy atom. The predicted molar refractivity (Wildman–Crippen MR) is 79.3 cm³/mol. The van der Waals surface area contributed by atoms with Crippen molar-refractivity contribution in [2.75, 3.05) is 11.9 Å². The van der Waals surface area contributed by atoms with Gasteiger partial charge in [-0.15, -0.1) is 0 Å². The summed E-state index contributed by atoms with van der Waals surface area (Å²) < 4.78 is 5.63. The first-order valence-electron chi connectivity index (χ1n) is 7.03. The van der Waals surface area contributed by atoms with Crippen LogP contribution in [0.4, 0.5) is 5.69 Å². The summed E-state index contributed by atoms with van der Waals surface area (Å²) in [4.78, 5) is 0. The van der Waals surface area contributed by atoms with E-state index in [1.54, 1.807) is 0 Å². The Morgan fingerprint density at radius 1 is 1.37 bits per heavy atom. The van der Waals surface area contributed by atoms with Gasteiger partial charge in [0, 0.05) is 24.2 Å². The predicted octanol–water partition coefficient (Wildman–Crippen LogP) is 4.22. The lowest BCUT2D eigenvalue weighted by atomic mass is 10.0. The van der Waals surface area contributed by atoms with E-state index in [0.29, 0.717) is 25.0 Å². The fraction of sp³-hybridized carbons (Fsp3) is 0.562. The molecule has 0 spiro atoms. The van der Waals surface area contributed by atoms with Crippen LogP contribution in [0.1, 0.15) is 40.0 Å². The molecule has 0 amide bonds. The molecular formula is C16H24N2O. The third-order valence-electron chi connectivity index (χ3n) is 3.43. The monoisotopic (exact) mass is 260 g/mol. The van der Waals surface area contributed by atoms with Crippen molar-refractivity contribution in [2.24, 2.45) is 5.92 Å². The zero-order chi connectivity index (χ0) is 14.1. The van der Waals surface area contributed by atoms with Crippen LogP contribution in [0.15, 0.2) is 24.3 Å². The molecule has 104 valence electrons. The Labute approximate surface area is 116 Å². The third kappa shape index (κ3) is 5.65. The molecule has 3 nitrogen and oxygen atoms in total. The van der Waals surface area contributed by atoms with Crippen molar-refractivity contribution >= 4 is 5.69 Å². The first-order valence-corrected chi connectivity index (χ1v) is 7.03. The summed E-state index contributed by atoms with van der Waals surface area (Å²) in [6.07, 6.45) is 2.49. The molecule has 3 heteroatoms. The summed E-state index contributed by atoms with van der Waals surface area (Å²) in [5.74, 6) is 1.50. The van der Waals surface area contributed by atoms with Gasteiger partial charge in [0.15, 0.2) is 0 Å². The molecule has 0 radical (unpaired) electrons. The largest absolute Gasteiger partial charge is 0.493 e. The number of benzene rings is 1. The zero-order valence-corrected chi connectivity index (χ0v) is 12.1. The van der Waals surface area contributed by atoms with Crippen LogP contribution in [0, 0.1) is 17.2 Å². The lowest BCUT2D eigenvalue weighted by Gasteiger charge is -2.21. The molecule has 0 aliphatic carbocycles. The van der Waals surface area contributed by atoms with E-state index in [1.165, 1.54) is 6.42 Å². The molecule has 0 fully saturated rings. The van der Waals surface area contributed by atoms with Crippen LogP contribution in [-0.2, 0) is 0 Å². The van der Waals surface area contributed by atoms with Crippen LogP contribution in [0.3, 0.4) is 0 Å². The van der Waals surface area contributed by atoms with Crippen LogP contribution in [0.5, 0.6) is 5.75 Å². The summed E-state index contributed by atoms with van der Waals surface area (Å²) in [6, 6.07) is 10.6. The fourth-order valence-electron chi connectivity index (χ4n) is 1.78. The molecule has 2 atom stereocenters. The average molecular weight is 260 g/mol. The Balaban J connectivity index is 2.50. The number of nitrogens with zero attached hydrogens (tertiary/aromatic N) is 1. The van der Waals surface area contributed by atoms with Crippen molar-refractivity contribution in [1.29, 1.82) is 5.26 Å². The smallest absolute Gasteiger partial charge is 0.121 e. The van der Waals surface area contributed by atoms with Crippen molar-refractivity contribution in [2.45, 2.75) is 46.1 Å². The molecule has 0 heterocycles. The normalized spacial score (nSPS) is 13.4. The lowest BCUT2D eigenvalue weighted by Crippen LogP contribution is -2.23. The second-order valence-electron chi connectivity index (χ2n) is 4.96. The average Bonchev–Trinajstić information content (AvgIpc) is 2.43. The molecule has 1 N–H and O–H groups in total. The molecule has 0 bridgehead atoms. The highest BCUT2D eigenvalue weighted by Crippen LogP contribution is 2.20. The van der Waals surface area contributed by atoms with Gasteiger partial charge in [0.2, 0.25) is 0 Å². The number of ether oxygens (including phenoxy) is 1. The molecule has 0 aliphatic heterocycles. The van der Waals surface area contributed by atoms with Gasteiger partial charge in [-0.3, -0.25) is 0 Å². The SMILES string of the molecule is CCC(C)C(C)Nc1cccc(OCCCC#N)c1. The summed E-state index contributed by atoms with van der Waals surface area (Å²) in [6.45, 7) is 7.25. The van der Waals surface area contributed by atoms with E-state index in [0.717, 1.165) is 17.9 Å². The summed E-state index contributed by atoms with van der Waals surface area (Å²) >= 11 is 0. The Hall–Kier alpha value is -1.69. The Kier molecular flexibility index (Phi) is 6.81. The number of nitriles is 1. The second-order valence-corrected chi connectivity index (χ2v) is 4.96. The van der Waals surface area contributed by atoms with Gasteiger partial charge in [-0.2, -0.15) is 5.26 Å². The van der Waals surface area contributed by atoms with E-state index in [1.807, 2.05) is 18.2 Å². The Bertz CT molecular complexity index is 411. The van der Waals surface area contributed by atoms with Crippen LogP contribution in [0.25, 0.3) is 0 Å². The third-order valence-corrected chi connectivity index (χ3v) is 3.43. The Morgan fingerprint density at radius 2 is 2.16 bits per heavy atom. The molecule has 0 aliphatic rings. The summed E-state index contributed by atoms with van der Waals surface area (Å²) in [5.41, 5.74) is 1.09. The highest BCUT2D eigenvalue weighted by Gasteiger charge is 2.09. The van der Waals surface area contributed by atoms with Gasteiger partial charge >= 0.3 is 0 Å². The standard InChI is InChI=1S/C16H24N2O/c1-4-13(2)14(3)18-15-8-7-9-16(12-15)19-11-6-5-10-17/h7-9,12-14,18H,4-6,11H2,1-3H3. The molecular weight excluding hydrogens is 236 g/mol. The first-order chi connectivity index (χ1) is 9.17. The summed E-state index contributed by atoms with van der Waals surface area (Å²) in [7, 11) is 0. The van der Waals surface area contributed by atoms with E-state index in [-0.39, 0.29) is 0 Å². The molecule has 2 unspecified atom stereocenters. The van der Waals surface area contributed by atoms with E-state index < -0.39 is 0 Å². The molecule has 0 saturated carbocycles. The first kappa shape index (κ1) is 15.4. The molecule has 1 aromatic rings. The van der Waals surface area contributed by atoms with Crippen LogP contribution in [-0.4, -0.2) is 12.6 Å². The second kappa shape index (κ2) is 8.42. The van der Waals surface area contributed by atoms with Crippen molar-refractivity contribution < 1.29 is 4.74 Å². The number of hydrogen-bond donors (Lipinski definition) is 1. The van der Waals surface area contributed by atoms with Gasteiger partial charge in [0.05, 0.1) is 12.7 Å². The minimum absolute atomic E-state index is 0.443. The topological polar surface area (TPSA) is 45.0 Å². The minimum Gasteiger partial charge on any atom is -0.493 e. The lowest BCUT2D eigenvalue weighted by molar-refractivity contribution is 0.313. The van der Waals surface area contributed by atoms with Crippen LogP contribution < -0.4 is 10.1 Å². The van der Waals surface area contributed by atoms with Gasteiger partial charge in [-0.1, -0.05) is 26.3 Å². The van der Waals surface area contributed by atoms with Crippen LogP contribution in [0.2, 0.25) is 0 Å². The quantitative estimate of drug-likeness (QED) is 0.712. The fourth-order valence-corrected chi connectivity index (χ4v) is 1.78. The van der Waals surface area contributed by atoms with Gasteiger partial charge in [0.1, 0.15) is 5.75 Å². The maximum atomic E-state index is 8.47. The van der Waals surface area contributed by atoms with E-state index in [4.69, 9.17) is 10.00 Å². The van der Waals surface area contributed by atoms with Crippen molar-refractivity contribution in [3.8, 4) is 11.8 Å². The van der Waals surface area contributed by atoms with Crippen LogP contribution >= 0.6 is 0 Å². The zero-order valence-electron chi connectivity index (χ0n) is 12.1. The van der Waals surface area contributed by atoms with Gasteiger partial charge in [-0.05, 0) is 31.4 Å². The highest BCUT2D eigenvalue weighted by atomic mass is 16.5. The number of unbranched alkanes of at least 4 members (excludes halogenated alkanes) is 1. The maximum Gasteiger partial charge on any atom is 0.121 e. The molecule has 0 aromatic heterocycles. The number of rotatable bonds is 8. The van der Waals surface area contributed by atoms with E-state index >= 15 is 0 Å². The van der Waals surface area contributed by atoms with E-state index in [9.17, 15) is 0 Å². The number of hydrogen-bond acceptors (Lipinski definition) is 3. The molecule has 1 rings (SSSR count). The van der Waals surface area contributed by atoms with Crippen molar-refractivity contribution in [1.82, 2.24) is 0 Å². The van der Waals surface area contributed by atoms with E-state index in [2.05, 4.69) is 38.2 Å². The van der Waals surface area contributed by atoms with Gasteiger partial charge in [-0.25, -0.2) is 0 Å². The highest BCUT2D eigenvalue weighted by molar-refractivity contribution is 5.48.